The maximum Gasteiger partial charge on any atom is 0.174 e. The minimum absolute atomic E-state index is 0.276. The first-order chi connectivity index (χ1) is 6.33. The van der Waals surface area contributed by atoms with Crippen LogP contribution in [0.1, 0.15) is 38.4 Å². The second-order valence-corrected chi connectivity index (χ2v) is 3.27. The Morgan fingerprint density at radius 2 is 2.31 bits per heavy atom. The van der Waals surface area contributed by atoms with E-state index in [1.54, 1.807) is 0 Å². The Bertz CT molecular complexity index is 208. The lowest BCUT2D eigenvalue weighted by Gasteiger charge is -2.08. The van der Waals surface area contributed by atoms with Crippen LogP contribution in [-0.2, 0) is 6.42 Å². The van der Waals surface area contributed by atoms with Crippen molar-refractivity contribution in [3.05, 3.63) is 5.82 Å². The molecule has 0 aliphatic carbocycles. The van der Waals surface area contributed by atoms with Crippen LogP contribution in [0, 0.1) is 0 Å². The molecule has 1 heterocycles. The summed E-state index contributed by atoms with van der Waals surface area (Å²) in [6, 6.07) is 0.276. The third-order valence-electron chi connectivity index (χ3n) is 2.06. The molecule has 0 aliphatic rings. The Labute approximate surface area is 78.1 Å². The van der Waals surface area contributed by atoms with Crippen molar-refractivity contribution in [1.29, 1.82) is 0 Å². The highest BCUT2D eigenvalue weighted by molar-refractivity contribution is 4.78. The van der Waals surface area contributed by atoms with Crippen LogP contribution in [0.4, 0.5) is 0 Å². The van der Waals surface area contributed by atoms with Crippen molar-refractivity contribution < 1.29 is 0 Å². The Kier molecular flexibility index (Phi) is 4.39. The van der Waals surface area contributed by atoms with Crippen molar-refractivity contribution in [3.8, 4) is 0 Å². The van der Waals surface area contributed by atoms with Gasteiger partial charge in [0.25, 0.3) is 0 Å². The zero-order valence-electron chi connectivity index (χ0n) is 8.03. The van der Waals surface area contributed by atoms with Crippen molar-refractivity contribution in [1.82, 2.24) is 20.6 Å². The van der Waals surface area contributed by atoms with Gasteiger partial charge in [-0.15, -0.1) is 10.2 Å². The van der Waals surface area contributed by atoms with Crippen LogP contribution < -0.4 is 5.73 Å². The Morgan fingerprint density at radius 3 is 2.92 bits per heavy atom. The first-order valence-electron chi connectivity index (χ1n) is 4.80. The highest BCUT2D eigenvalue weighted by atomic mass is 15.5. The van der Waals surface area contributed by atoms with E-state index in [0.29, 0.717) is 0 Å². The molecule has 5 heteroatoms. The topological polar surface area (TPSA) is 80.5 Å². The van der Waals surface area contributed by atoms with E-state index in [1.807, 2.05) is 0 Å². The lowest BCUT2D eigenvalue weighted by molar-refractivity contribution is 0.535. The van der Waals surface area contributed by atoms with E-state index in [4.69, 9.17) is 5.73 Å². The fourth-order valence-electron chi connectivity index (χ4n) is 1.21. The number of H-pyrrole nitrogens is 1. The average molecular weight is 183 g/mol. The molecule has 74 valence electrons. The number of nitrogens with zero attached hydrogens (tertiary/aromatic N) is 3. The Balaban J connectivity index is 2.11. The molecule has 0 saturated heterocycles. The molecule has 0 fully saturated rings. The van der Waals surface area contributed by atoms with Gasteiger partial charge in [0.15, 0.2) is 5.82 Å². The SMILES string of the molecule is CCCCC(N)CCc1nn[nH]n1. The Hall–Kier alpha value is -0.970. The summed E-state index contributed by atoms with van der Waals surface area (Å²) in [6.45, 7) is 2.17. The lowest BCUT2D eigenvalue weighted by atomic mass is 10.1. The van der Waals surface area contributed by atoms with Gasteiger partial charge in [-0.1, -0.05) is 25.0 Å². The smallest absolute Gasteiger partial charge is 0.174 e. The monoisotopic (exact) mass is 183 g/mol. The van der Waals surface area contributed by atoms with Crippen LogP contribution in [-0.4, -0.2) is 26.7 Å². The number of hydrogen-bond acceptors (Lipinski definition) is 4. The van der Waals surface area contributed by atoms with E-state index < -0.39 is 0 Å². The summed E-state index contributed by atoms with van der Waals surface area (Å²) in [7, 11) is 0. The number of aromatic amines is 1. The van der Waals surface area contributed by atoms with Crippen LogP contribution in [0.2, 0.25) is 0 Å². The molecule has 5 nitrogen and oxygen atoms in total. The minimum Gasteiger partial charge on any atom is -0.328 e. The first kappa shape index (κ1) is 10.1. The van der Waals surface area contributed by atoms with E-state index in [9.17, 15) is 0 Å². The van der Waals surface area contributed by atoms with E-state index in [2.05, 4.69) is 27.5 Å². The summed E-state index contributed by atoms with van der Waals surface area (Å²) < 4.78 is 0. The van der Waals surface area contributed by atoms with Gasteiger partial charge < -0.3 is 5.73 Å². The largest absolute Gasteiger partial charge is 0.328 e. The molecule has 1 atom stereocenters. The van der Waals surface area contributed by atoms with Gasteiger partial charge in [0.1, 0.15) is 0 Å². The number of aryl methyl sites for hydroxylation is 1. The molecule has 1 rings (SSSR count). The van der Waals surface area contributed by atoms with Crippen LogP contribution in [0.15, 0.2) is 0 Å². The van der Waals surface area contributed by atoms with Crippen LogP contribution in [0.3, 0.4) is 0 Å². The van der Waals surface area contributed by atoms with Gasteiger partial charge in [0.2, 0.25) is 0 Å². The molecule has 0 spiro atoms. The van der Waals surface area contributed by atoms with E-state index in [1.165, 1.54) is 12.8 Å². The third-order valence-corrected chi connectivity index (χ3v) is 2.06. The van der Waals surface area contributed by atoms with Gasteiger partial charge in [-0.25, -0.2) is 0 Å². The number of rotatable bonds is 6. The molecule has 0 amide bonds. The molecule has 0 aliphatic heterocycles. The third kappa shape index (κ3) is 3.98. The number of nitrogens with two attached hydrogens (primary N) is 1. The molecule has 3 N–H and O–H groups in total. The van der Waals surface area contributed by atoms with Crippen LogP contribution in [0.5, 0.6) is 0 Å². The van der Waals surface area contributed by atoms with Gasteiger partial charge in [-0.2, -0.15) is 5.21 Å². The summed E-state index contributed by atoms with van der Waals surface area (Å²) in [5, 5.41) is 13.6. The zero-order chi connectivity index (χ0) is 9.52. The van der Waals surface area contributed by atoms with Crippen molar-refractivity contribution >= 4 is 0 Å². The average Bonchev–Trinajstić information content (AvgIpc) is 2.64. The number of hydrogen-bond donors (Lipinski definition) is 2. The zero-order valence-corrected chi connectivity index (χ0v) is 8.03. The van der Waals surface area contributed by atoms with Crippen molar-refractivity contribution in [2.45, 2.75) is 45.1 Å². The van der Waals surface area contributed by atoms with E-state index in [0.717, 1.165) is 25.1 Å². The van der Waals surface area contributed by atoms with Crippen LogP contribution >= 0.6 is 0 Å². The fourth-order valence-corrected chi connectivity index (χ4v) is 1.21. The maximum atomic E-state index is 5.89. The lowest BCUT2D eigenvalue weighted by Crippen LogP contribution is -2.20. The summed E-state index contributed by atoms with van der Waals surface area (Å²) in [4.78, 5) is 0. The number of tetrazole rings is 1. The number of nitrogens with one attached hydrogen (secondary N) is 1. The minimum atomic E-state index is 0.276. The first-order valence-corrected chi connectivity index (χ1v) is 4.80. The normalized spacial score (nSPS) is 13.1. The van der Waals surface area contributed by atoms with Gasteiger partial charge in [-0.3, -0.25) is 0 Å². The van der Waals surface area contributed by atoms with Crippen molar-refractivity contribution in [2.24, 2.45) is 5.73 Å². The molecule has 0 aromatic carbocycles. The second kappa shape index (κ2) is 5.64. The van der Waals surface area contributed by atoms with Gasteiger partial charge in [0.05, 0.1) is 0 Å². The second-order valence-electron chi connectivity index (χ2n) is 3.27. The molecule has 1 aromatic rings. The van der Waals surface area contributed by atoms with Gasteiger partial charge in [-0.05, 0) is 12.8 Å². The number of unbranched alkanes of at least 4 members (excludes halogenated alkanes) is 1. The Morgan fingerprint density at radius 1 is 1.46 bits per heavy atom. The highest BCUT2D eigenvalue weighted by Gasteiger charge is 2.04. The standard InChI is InChI=1S/C8H17N5/c1-2-3-4-7(9)5-6-8-10-12-13-11-8/h7H,2-6,9H2,1H3,(H,10,11,12,13). The highest BCUT2D eigenvalue weighted by Crippen LogP contribution is 2.04. The molecule has 1 unspecified atom stereocenters. The molecule has 13 heavy (non-hydrogen) atoms. The summed E-state index contributed by atoms with van der Waals surface area (Å²) in [5.41, 5.74) is 5.89. The summed E-state index contributed by atoms with van der Waals surface area (Å²) in [5.74, 6) is 0.756. The maximum absolute atomic E-state index is 5.89. The molecule has 0 saturated carbocycles. The van der Waals surface area contributed by atoms with Gasteiger partial charge >= 0.3 is 0 Å². The molecule has 1 aromatic heterocycles. The number of aromatic nitrogens is 4. The molecule has 0 bridgehead atoms. The predicted molar refractivity (Wildman–Crippen MR) is 50.0 cm³/mol. The van der Waals surface area contributed by atoms with Crippen molar-refractivity contribution in [3.63, 3.8) is 0 Å². The predicted octanol–water partition coefficient (Wildman–Crippen LogP) is 0.650. The molecular weight excluding hydrogens is 166 g/mol. The quantitative estimate of drug-likeness (QED) is 0.678. The summed E-state index contributed by atoms with van der Waals surface area (Å²) in [6.07, 6.45) is 5.26. The molecular formula is C8H17N5. The van der Waals surface area contributed by atoms with E-state index >= 15 is 0 Å². The molecule has 0 radical (unpaired) electrons. The van der Waals surface area contributed by atoms with E-state index in [-0.39, 0.29) is 6.04 Å². The van der Waals surface area contributed by atoms with Crippen LogP contribution in [0.25, 0.3) is 0 Å². The van der Waals surface area contributed by atoms with Gasteiger partial charge in [0, 0.05) is 12.5 Å². The fraction of sp³-hybridized carbons (Fsp3) is 0.875. The summed E-state index contributed by atoms with van der Waals surface area (Å²) >= 11 is 0. The van der Waals surface area contributed by atoms with Crippen molar-refractivity contribution in [2.75, 3.05) is 0 Å².